The highest BCUT2D eigenvalue weighted by atomic mass is 19.1. The number of fused-ring (bicyclic) bond motifs is 2. The van der Waals surface area contributed by atoms with E-state index in [1.54, 1.807) is 30.9 Å². The summed E-state index contributed by atoms with van der Waals surface area (Å²) in [5, 5.41) is 11.5. The Morgan fingerprint density at radius 1 is 0.897 bits per heavy atom. The molecule has 0 unspecified atom stereocenters. The van der Waals surface area contributed by atoms with Gasteiger partial charge >= 0.3 is 0 Å². The zero-order chi connectivity index (χ0) is 26.3. The third-order valence-electron chi connectivity index (χ3n) is 7.38. The first-order chi connectivity index (χ1) is 19.1. The molecule has 0 saturated heterocycles. The minimum absolute atomic E-state index is 0.0657. The number of carbonyl (C=O) groups excluding carboxylic acids is 1. The fourth-order valence-corrected chi connectivity index (χ4v) is 5.38. The van der Waals surface area contributed by atoms with Gasteiger partial charge in [0.05, 0.1) is 34.6 Å². The molecule has 0 atom stereocenters. The van der Waals surface area contributed by atoms with E-state index in [2.05, 4.69) is 30.5 Å². The van der Waals surface area contributed by atoms with E-state index in [-0.39, 0.29) is 17.6 Å². The normalized spacial score (nSPS) is 13.9. The van der Waals surface area contributed by atoms with Gasteiger partial charge in [0.2, 0.25) is 5.91 Å². The monoisotopic (exact) mass is 517 g/mol. The molecule has 39 heavy (non-hydrogen) atoms. The Labute approximate surface area is 222 Å². The highest BCUT2D eigenvalue weighted by molar-refractivity contribution is 5.98. The Balaban J connectivity index is 1.25. The second kappa shape index (κ2) is 9.43. The number of amides is 1. The molecule has 0 radical (unpaired) electrons. The van der Waals surface area contributed by atoms with Crippen LogP contribution in [0.15, 0.2) is 73.3 Å². The number of anilines is 1. The Kier molecular flexibility index (Phi) is 5.61. The summed E-state index contributed by atoms with van der Waals surface area (Å²) >= 11 is 0. The van der Waals surface area contributed by atoms with E-state index in [0.717, 1.165) is 58.8 Å². The van der Waals surface area contributed by atoms with Crippen LogP contribution in [0.25, 0.3) is 55.7 Å². The van der Waals surface area contributed by atoms with Gasteiger partial charge in [-0.05, 0) is 54.3 Å². The molecule has 3 N–H and O–H groups in total. The van der Waals surface area contributed by atoms with Crippen molar-refractivity contribution in [2.75, 3.05) is 5.32 Å². The summed E-state index contributed by atoms with van der Waals surface area (Å²) in [5.74, 6) is 0.410. The van der Waals surface area contributed by atoms with Crippen molar-refractivity contribution in [3.8, 4) is 33.8 Å². The average Bonchev–Trinajstić information content (AvgIpc) is 3.72. The van der Waals surface area contributed by atoms with E-state index in [1.165, 1.54) is 12.1 Å². The summed E-state index contributed by atoms with van der Waals surface area (Å²) in [6, 6.07) is 14.3. The summed E-state index contributed by atoms with van der Waals surface area (Å²) in [7, 11) is 0. The fraction of sp³-hybridized carbons (Fsp3) is 0.167. The smallest absolute Gasteiger partial charge is 0.227 e. The van der Waals surface area contributed by atoms with Gasteiger partial charge in [0.1, 0.15) is 11.5 Å². The van der Waals surface area contributed by atoms with Crippen LogP contribution in [0.1, 0.15) is 25.7 Å². The summed E-state index contributed by atoms with van der Waals surface area (Å²) < 4.78 is 13.9. The Hall–Kier alpha value is -4.92. The van der Waals surface area contributed by atoms with Crippen molar-refractivity contribution in [2.45, 2.75) is 25.7 Å². The number of hydrogen-bond acceptors (Lipinski definition) is 5. The molecule has 1 saturated carbocycles. The molecule has 2 aromatic carbocycles. The maximum Gasteiger partial charge on any atom is 0.227 e. The van der Waals surface area contributed by atoms with Crippen LogP contribution in [0.4, 0.5) is 10.1 Å². The largest absolute Gasteiger partial charge is 0.335 e. The average molecular weight is 518 g/mol. The highest BCUT2D eigenvalue weighted by Crippen LogP contribution is 2.33. The molecule has 1 aliphatic carbocycles. The Morgan fingerprint density at radius 3 is 2.64 bits per heavy atom. The second-order valence-electron chi connectivity index (χ2n) is 9.94. The summed E-state index contributed by atoms with van der Waals surface area (Å²) in [5.41, 5.74) is 6.88. The van der Waals surface area contributed by atoms with Crippen LogP contribution < -0.4 is 5.32 Å². The van der Waals surface area contributed by atoms with Gasteiger partial charge in [-0.3, -0.25) is 19.9 Å². The summed E-state index contributed by atoms with van der Waals surface area (Å²) in [6.45, 7) is 0. The van der Waals surface area contributed by atoms with Crippen molar-refractivity contribution >= 4 is 33.5 Å². The lowest BCUT2D eigenvalue weighted by Gasteiger charge is -2.11. The number of nitrogens with zero attached hydrogens (tertiary/aromatic N) is 4. The van der Waals surface area contributed by atoms with Crippen molar-refractivity contribution in [1.82, 2.24) is 30.1 Å². The quantitative estimate of drug-likeness (QED) is 0.242. The van der Waals surface area contributed by atoms with E-state index in [1.807, 2.05) is 30.3 Å². The minimum atomic E-state index is -0.317. The fourth-order valence-electron chi connectivity index (χ4n) is 5.38. The topological polar surface area (TPSA) is 112 Å². The first-order valence-corrected chi connectivity index (χ1v) is 13.0. The van der Waals surface area contributed by atoms with E-state index < -0.39 is 0 Å². The maximum absolute atomic E-state index is 13.9. The molecule has 9 heteroatoms. The van der Waals surface area contributed by atoms with E-state index in [4.69, 9.17) is 4.98 Å². The predicted molar refractivity (Wildman–Crippen MR) is 148 cm³/mol. The van der Waals surface area contributed by atoms with E-state index in [9.17, 15) is 9.18 Å². The zero-order valence-corrected chi connectivity index (χ0v) is 20.9. The van der Waals surface area contributed by atoms with Gasteiger partial charge in [-0.1, -0.05) is 31.0 Å². The third-order valence-corrected chi connectivity index (χ3v) is 7.38. The number of H-pyrrole nitrogens is 2. The minimum Gasteiger partial charge on any atom is -0.335 e. The number of halogens is 1. The van der Waals surface area contributed by atoms with Gasteiger partial charge in [0.15, 0.2) is 5.82 Å². The lowest BCUT2D eigenvalue weighted by atomic mass is 10.0. The summed E-state index contributed by atoms with van der Waals surface area (Å²) in [4.78, 5) is 29.5. The van der Waals surface area contributed by atoms with Gasteiger partial charge < -0.3 is 10.3 Å². The SMILES string of the molecule is O=C(Nc1cncc(-c2ccc3[nH]nc(-c4nc5c(-c6cccc(F)c6)cncc5[nH]4)c3c2)c1)C1CCCC1. The molecule has 4 heterocycles. The Bertz CT molecular complexity index is 1850. The first-order valence-electron chi connectivity index (χ1n) is 13.0. The molecule has 1 amide bonds. The molecule has 0 spiro atoms. The van der Waals surface area contributed by atoms with Crippen LogP contribution in [-0.4, -0.2) is 36.0 Å². The van der Waals surface area contributed by atoms with Gasteiger partial charge in [-0.15, -0.1) is 0 Å². The Morgan fingerprint density at radius 2 is 1.77 bits per heavy atom. The molecule has 8 nitrogen and oxygen atoms in total. The highest BCUT2D eigenvalue weighted by Gasteiger charge is 2.23. The molecule has 7 rings (SSSR count). The van der Waals surface area contributed by atoms with Crippen molar-refractivity contribution in [3.05, 3.63) is 79.1 Å². The summed E-state index contributed by atoms with van der Waals surface area (Å²) in [6.07, 6.45) is 11.0. The zero-order valence-electron chi connectivity index (χ0n) is 20.9. The van der Waals surface area contributed by atoms with Crippen molar-refractivity contribution in [1.29, 1.82) is 0 Å². The third kappa shape index (κ3) is 4.31. The number of aromatic nitrogens is 6. The van der Waals surface area contributed by atoms with E-state index in [0.29, 0.717) is 28.3 Å². The van der Waals surface area contributed by atoms with Crippen LogP contribution >= 0.6 is 0 Å². The maximum atomic E-state index is 13.9. The van der Waals surface area contributed by atoms with Crippen LogP contribution in [0.5, 0.6) is 0 Å². The molecule has 0 aliphatic heterocycles. The van der Waals surface area contributed by atoms with Gasteiger partial charge in [0.25, 0.3) is 0 Å². The molecule has 1 aliphatic rings. The number of aromatic amines is 2. The van der Waals surface area contributed by atoms with Crippen LogP contribution in [0, 0.1) is 11.7 Å². The number of rotatable bonds is 5. The molecular weight excluding hydrogens is 493 g/mol. The van der Waals surface area contributed by atoms with Crippen LogP contribution in [-0.2, 0) is 4.79 Å². The van der Waals surface area contributed by atoms with Crippen molar-refractivity contribution in [3.63, 3.8) is 0 Å². The predicted octanol–water partition coefficient (Wildman–Crippen LogP) is 6.50. The number of benzene rings is 2. The van der Waals surface area contributed by atoms with Crippen molar-refractivity contribution < 1.29 is 9.18 Å². The van der Waals surface area contributed by atoms with Gasteiger partial charge in [0, 0.05) is 34.8 Å². The number of carbonyl (C=O) groups is 1. The van der Waals surface area contributed by atoms with E-state index >= 15 is 0 Å². The molecule has 4 aromatic heterocycles. The second-order valence-corrected chi connectivity index (χ2v) is 9.94. The van der Waals surface area contributed by atoms with Gasteiger partial charge in [-0.2, -0.15) is 5.10 Å². The molecular formula is C30H24FN7O. The van der Waals surface area contributed by atoms with Crippen molar-refractivity contribution in [2.24, 2.45) is 5.92 Å². The number of pyridine rings is 2. The number of nitrogens with one attached hydrogen (secondary N) is 3. The van der Waals surface area contributed by atoms with Crippen LogP contribution in [0.3, 0.4) is 0 Å². The molecule has 6 aromatic rings. The molecule has 1 fully saturated rings. The van der Waals surface area contributed by atoms with Crippen LogP contribution in [0.2, 0.25) is 0 Å². The first kappa shape index (κ1) is 23.2. The number of imidazole rings is 1. The van der Waals surface area contributed by atoms with Gasteiger partial charge in [-0.25, -0.2) is 9.37 Å². The standard InChI is InChI=1S/C30H24FN7O/c31-21-7-3-6-19(10-21)24-15-33-16-26-27(24)36-29(35-26)28-23-12-18(8-9-25(23)37-38-28)20-11-22(14-32-13-20)34-30(39)17-4-1-2-5-17/h3,6-17H,1-2,4-5H2,(H,34,39)(H,35,36)(H,37,38). The lowest BCUT2D eigenvalue weighted by Crippen LogP contribution is -2.20. The molecule has 0 bridgehead atoms. The number of hydrogen-bond donors (Lipinski definition) is 3. The lowest BCUT2D eigenvalue weighted by molar-refractivity contribution is -0.119. The molecule has 192 valence electrons.